The molecule has 1 N–H and O–H groups in total. The number of para-hydroxylation sites is 2. The lowest BCUT2D eigenvalue weighted by atomic mass is 10.2. The van der Waals surface area contributed by atoms with Crippen LogP contribution in [0.15, 0.2) is 82.6 Å². The third-order valence-corrected chi connectivity index (χ3v) is 6.34. The second-order valence-corrected chi connectivity index (χ2v) is 8.41. The molecular weight excluding hydrogens is 400 g/mol. The molecule has 28 heavy (non-hydrogen) atoms. The Labute approximate surface area is 165 Å². The van der Waals surface area contributed by atoms with E-state index in [2.05, 4.69) is 4.98 Å². The first-order valence-electron chi connectivity index (χ1n) is 8.20. The van der Waals surface area contributed by atoms with Crippen molar-refractivity contribution in [3.8, 4) is 11.4 Å². The molecule has 0 spiro atoms. The normalized spacial score (nSPS) is 11.6. The van der Waals surface area contributed by atoms with Gasteiger partial charge in [-0.25, -0.2) is 22.8 Å². The topological polar surface area (TPSA) is 89.3 Å². The van der Waals surface area contributed by atoms with Crippen LogP contribution in [0.1, 0.15) is 0 Å². The second kappa shape index (κ2) is 6.78. The highest BCUT2D eigenvalue weighted by Crippen LogP contribution is 2.28. The van der Waals surface area contributed by atoms with E-state index in [1.807, 2.05) is 0 Å². The summed E-state index contributed by atoms with van der Waals surface area (Å²) in [4.78, 5) is 16.3. The number of hydrogen-bond acceptors (Lipinski definition) is 4. The summed E-state index contributed by atoms with van der Waals surface area (Å²) >= 11 is 5.82. The van der Waals surface area contributed by atoms with E-state index in [1.165, 1.54) is 36.4 Å². The molecule has 0 radical (unpaired) electrons. The lowest BCUT2D eigenvalue weighted by molar-refractivity contribution is 0.197. The second-order valence-electron chi connectivity index (χ2n) is 6.02. The summed E-state index contributed by atoms with van der Waals surface area (Å²) < 4.78 is 26.6. The Bertz CT molecular complexity index is 1290. The minimum atomic E-state index is -3.71. The van der Waals surface area contributed by atoms with Gasteiger partial charge in [-0.3, -0.25) is 0 Å². The molecule has 0 unspecified atom stereocenters. The van der Waals surface area contributed by atoms with E-state index in [-0.39, 0.29) is 15.6 Å². The van der Waals surface area contributed by atoms with Crippen molar-refractivity contribution in [3.63, 3.8) is 0 Å². The Morgan fingerprint density at radius 1 is 0.893 bits per heavy atom. The van der Waals surface area contributed by atoms with Crippen LogP contribution in [0.4, 0.5) is 4.79 Å². The first-order chi connectivity index (χ1) is 13.4. The summed E-state index contributed by atoms with van der Waals surface area (Å²) in [5, 5.41) is 10.0. The molecule has 3 aromatic carbocycles. The van der Waals surface area contributed by atoms with Crippen molar-refractivity contribution in [3.05, 3.63) is 77.8 Å². The molecule has 4 rings (SSSR count). The van der Waals surface area contributed by atoms with Crippen LogP contribution >= 0.6 is 11.6 Å². The maximum atomic E-state index is 12.8. The molecule has 0 aliphatic carbocycles. The van der Waals surface area contributed by atoms with Crippen LogP contribution in [-0.2, 0) is 9.84 Å². The predicted octanol–water partition coefficient (Wildman–Crippen LogP) is 4.72. The number of fused-ring (bicyclic) bond motifs is 1. The van der Waals surface area contributed by atoms with Crippen molar-refractivity contribution in [2.75, 3.05) is 0 Å². The first-order valence-corrected chi connectivity index (χ1v) is 10.1. The van der Waals surface area contributed by atoms with Gasteiger partial charge >= 0.3 is 6.09 Å². The molecule has 0 atom stereocenters. The van der Waals surface area contributed by atoms with Gasteiger partial charge in [0.1, 0.15) is 0 Å². The fraction of sp³-hybridized carbons (Fsp3) is 0. The Morgan fingerprint density at radius 3 is 2.07 bits per heavy atom. The van der Waals surface area contributed by atoms with Gasteiger partial charge in [0, 0.05) is 10.6 Å². The van der Waals surface area contributed by atoms with Gasteiger partial charge in [-0.15, -0.1) is 0 Å². The van der Waals surface area contributed by atoms with Crippen LogP contribution in [0.3, 0.4) is 0 Å². The largest absolute Gasteiger partial charge is 0.464 e. The van der Waals surface area contributed by atoms with Crippen molar-refractivity contribution in [2.24, 2.45) is 0 Å². The van der Waals surface area contributed by atoms with Crippen LogP contribution in [0.2, 0.25) is 5.02 Å². The highest BCUT2D eigenvalue weighted by Gasteiger charge is 2.20. The highest BCUT2D eigenvalue weighted by atomic mass is 35.5. The van der Waals surface area contributed by atoms with Gasteiger partial charge in [0.2, 0.25) is 9.84 Å². The minimum Gasteiger partial charge on any atom is -0.464 e. The predicted molar refractivity (Wildman–Crippen MR) is 105 cm³/mol. The first kappa shape index (κ1) is 18.2. The molecule has 0 fully saturated rings. The number of benzene rings is 3. The van der Waals surface area contributed by atoms with Crippen molar-refractivity contribution >= 4 is 38.6 Å². The van der Waals surface area contributed by atoms with Gasteiger partial charge in [-0.05, 0) is 60.7 Å². The zero-order valence-corrected chi connectivity index (χ0v) is 15.9. The number of nitrogens with zero attached hydrogens (tertiary/aromatic N) is 2. The van der Waals surface area contributed by atoms with E-state index < -0.39 is 15.9 Å². The molecular formula is C20H13ClN2O4S. The van der Waals surface area contributed by atoms with Gasteiger partial charge in [0.25, 0.3) is 0 Å². The van der Waals surface area contributed by atoms with E-state index >= 15 is 0 Å². The maximum Gasteiger partial charge on any atom is 0.417 e. The molecule has 0 saturated carbocycles. The number of sulfone groups is 1. The standard InChI is InChI=1S/C20H13ClN2O4S/c21-14-7-11-16(12-8-14)28(26,27)15-9-5-13(6-10-15)19-22-17-3-1-2-4-18(17)23(19)20(24)25/h1-12H,(H,24,25). The lowest BCUT2D eigenvalue weighted by Crippen LogP contribution is -2.09. The van der Waals surface area contributed by atoms with E-state index in [4.69, 9.17) is 11.6 Å². The fourth-order valence-corrected chi connectivity index (χ4v) is 4.33. The van der Waals surface area contributed by atoms with Crippen molar-refractivity contribution < 1.29 is 18.3 Å². The van der Waals surface area contributed by atoms with Crippen LogP contribution in [0.25, 0.3) is 22.4 Å². The molecule has 0 saturated heterocycles. The zero-order valence-electron chi connectivity index (χ0n) is 14.3. The molecule has 140 valence electrons. The number of hydrogen-bond donors (Lipinski definition) is 1. The SMILES string of the molecule is O=C(O)n1c(-c2ccc(S(=O)(=O)c3ccc(Cl)cc3)cc2)nc2ccccc21. The van der Waals surface area contributed by atoms with E-state index in [0.717, 1.165) is 4.57 Å². The number of rotatable bonds is 3. The number of carbonyl (C=O) groups is 1. The molecule has 8 heteroatoms. The summed E-state index contributed by atoms with van der Waals surface area (Å²) in [6, 6.07) is 18.8. The molecule has 4 aromatic rings. The fourth-order valence-electron chi connectivity index (χ4n) is 2.95. The number of halogens is 1. The van der Waals surface area contributed by atoms with E-state index in [9.17, 15) is 18.3 Å². The quantitative estimate of drug-likeness (QED) is 0.526. The average molecular weight is 413 g/mol. The summed E-state index contributed by atoms with van der Waals surface area (Å²) in [6.45, 7) is 0. The Balaban J connectivity index is 1.79. The van der Waals surface area contributed by atoms with Crippen molar-refractivity contribution in [1.82, 2.24) is 9.55 Å². The smallest absolute Gasteiger partial charge is 0.417 e. The summed E-state index contributed by atoms with van der Waals surface area (Å²) in [5.41, 5.74) is 1.49. The van der Waals surface area contributed by atoms with Crippen LogP contribution in [0.5, 0.6) is 0 Å². The summed E-state index contributed by atoms with van der Waals surface area (Å²) in [5.74, 6) is 0.226. The molecule has 0 aliphatic heterocycles. The number of imidazole rings is 1. The summed E-state index contributed by atoms with van der Waals surface area (Å²) in [6.07, 6.45) is -1.17. The van der Waals surface area contributed by atoms with Gasteiger partial charge in [-0.1, -0.05) is 23.7 Å². The number of carboxylic acid groups (broad SMARTS) is 1. The average Bonchev–Trinajstić information content (AvgIpc) is 3.08. The maximum absolute atomic E-state index is 12.8. The van der Waals surface area contributed by atoms with Crippen molar-refractivity contribution in [2.45, 2.75) is 9.79 Å². The molecule has 6 nitrogen and oxygen atoms in total. The van der Waals surface area contributed by atoms with Gasteiger partial charge < -0.3 is 5.11 Å². The number of aromatic nitrogens is 2. The lowest BCUT2D eigenvalue weighted by Gasteiger charge is -2.07. The Hall–Kier alpha value is -3.16. The van der Waals surface area contributed by atoms with Crippen LogP contribution < -0.4 is 0 Å². The highest BCUT2D eigenvalue weighted by molar-refractivity contribution is 7.91. The van der Waals surface area contributed by atoms with Gasteiger partial charge in [0.05, 0.1) is 20.8 Å². The monoisotopic (exact) mass is 412 g/mol. The third kappa shape index (κ3) is 3.04. The van der Waals surface area contributed by atoms with Gasteiger partial charge in [-0.2, -0.15) is 0 Å². The molecule has 1 aromatic heterocycles. The Morgan fingerprint density at radius 2 is 1.46 bits per heavy atom. The third-order valence-electron chi connectivity index (χ3n) is 4.30. The summed E-state index contributed by atoms with van der Waals surface area (Å²) in [7, 11) is -3.71. The van der Waals surface area contributed by atoms with E-state index in [0.29, 0.717) is 21.6 Å². The van der Waals surface area contributed by atoms with Crippen LogP contribution in [-0.4, -0.2) is 29.2 Å². The van der Waals surface area contributed by atoms with Crippen molar-refractivity contribution in [1.29, 1.82) is 0 Å². The molecule has 1 heterocycles. The zero-order chi connectivity index (χ0) is 19.9. The Kier molecular flexibility index (Phi) is 4.41. The molecule has 0 aliphatic rings. The van der Waals surface area contributed by atoms with Crippen LogP contribution in [0, 0.1) is 0 Å². The van der Waals surface area contributed by atoms with Gasteiger partial charge in [0.15, 0.2) is 5.82 Å². The van der Waals surface area contributed by atoms with E-state index in [1.54, 1.807) is 36.4 Å². The minimum absolute atomic E-state index is 0.0940. The molecule has 0 amide bonds. The molecule has 0 bridgehead atoms.